The van der Waals surface area contributed by atoms with Crippen molar-refractivity contribution in [1.82, 2.24) is 0 Å². The van der Waals surface area contributed by atoms with Gasteiger partial charge in [0, 0.05) is 19.4 Å². The van der Waals surface area contributed by atoms with Gasteiger partial charge < -0.3 is 14.6 Å². The van der Waals surface area contributed by atoms with Crippen molar-refractivity contribution in [1.29, 1.82) is 0 Å². The zero-order valence-corrected chi connectivity index (χ0v) is 13.1. The van der Waals surface area contributed by atoms with Crippen LogP contribution in [-0.4, -0.2) is 35.9 Å². The lowest BCUT2D eigenvalue weighted by atomic mass is 10.0. The van der Waals surface area contributed by atoms with E-state index in [9.17, 15) is 9.59 Å². The summed E-state index contributed by atoms with van der Waals surface area (Å²) >= 11 is 0. The van der Waals surface area contributed by atoms with E-state index in [0.717, 1.165) is 57.1 Å². The van der Waals surface area contributed by atoms with Gasteiger partial charge in [-0.1, -0.05) is 12.8 Å². The van der Waals surface area contributed by atoms with Gasteiger partial charge in [-0.2, -0.15) is 0 Å². The summed E-state index contributed by atoms with van der Waals surface area (Å²) in [4.78, 5) is 22.4. The number of carboxylic acids is 1. The lowest BCUT2D eigenvalue weighted by Gasteiger charge is -2.24. The van der Waals surface area contributed by atoms with Crippen LogP contribution in [0.5, 0.6) is 0 Å². The smallest absolute Gasteiger partial charge is 0.303 e. The van der Waals surface area contributed by atoms with Crippen molar-refractivity contribution in [3.05, 3.63) is 11.6 Å². The molecule has 1 fully saturated rings. The summed E-state index contributed by atoms with van der Waals surface area (Å²) in [6.45, 7) is 0.748. The Morgan fingerprint density at radius 1 is 1.27 bits per heavy atom. The lowest BCUT2D eigenvalue weighted by Crippen LogP contribution is -2.26. The van der Waals surface area contributed by atoms with Gasteiger partial charge >= 0.3 is 5.97 Å². The molecular formula is C17H26O5. The van der Waals surface area contributed by atoms with Gasteiger partial charge in [-0.15, -0.1) is 0 Å². The monoisotopic (exact) mass is 310 g/mol. The fourth-order valence-electron chi connectivity index (χ4n) is 2.96. The van der Waals surface area contributed by atoms with Crippen LogP contribution in [0.25, 0.3) is 0 Å². The summed E-state index contributed by atoms with van der Waals surface area (Å²) in [6, 6.07) is 0. The Morgan fingerprint density at radius 3 is 2.82 bits per heavy atom. The largest absolute Gasteiger partial charge is 0.481 e. The Kier molecular flexibility index (Phi) is 7.06. The number of Topliss-reactive ketones (excluding diaryl/α,β-unsaturated/α-hetero) is 1. The molecule has 0 bridgehead atoms. The molecule has 2 aliphatic rings. The average molecular weight is 310 g/mol. The maximum Gasteiger partial charge on any atom is 0.303 e. The summed E-state index contributed by atoms with van der Waals surface area (Å²) in [7, 11) is 0. The van der Waals surface area contributed by atoms with Crippen LogP contribution in [0.1, 0.15) is 64.2 Å². The topological polar surface area (TPSA) is 72.8 Å². The highest BCUT2D eigenvalue weighted by molar-refractivity contribution is 5.98. The van der Waals surface area contributed by atoms with Crippen LogP contribution in [0.2, 0.25) is 0 Å². The molecule has 1 aliphatic carbocycles. The third-order valence-electron chi connectivity index (χ3n) is 4.18. The Labute approximate surface area is 131 Å². The first-order valence-corrected chi connectivity index (χ1v) is 8.38. The van der Waals surface area contributed by atoms with Gasteiger partial charge in [0.1, 0.15) is 0 Å². The van der Waals surface area contributed by atoms with E-state index in [1.165, 1.54) is 0 Å². The predicted molar refractivity (Wildman–Crippen MR) is 81.5 cm³/mol. The molecule has 0 aromatic rings. The Morgan fingerprint density at radius 2 is 2.09 bits per heavy atom. The maximum atomic E-state index is 12.0. The molecule has 5 nitrogen and oxygen atoms in total. The Bertz CT molecular complexity index is 409. The molecule has 5 heteroatoms. The van der Waals surface area contributed by atoms with Crippen LogP contribution < -0.4 is 0 Å². The van der Waals surface area contributed by atoms with Crippen LogP contribution in [0.15, 0.2) is 11.6 Å². The normalized spacial score (nSPS) is 25.3. The molecule has 22 heavy (non-hydrogen) atoms. The molecule has 1 aliphatic heterocycles. The number of ether oxygens (including phenoxy) is 2. The second-order valence-corrected chi connectivity index (χ2v) is 6.10. The number of rotatable bonds is 9. The number of hydrogen-bond acceptors (Lipinski definition) is 4. The average Bonchev–Trinajstić information content (AvgIpc) is 2.83. The van der Waals surface area contributed by atoms with Crippen LogP contribution in [0.4, 0.5) is 0 Å². The molecule has 2 atom stereocenters. The van der Waals surface area contributed by atoms with E-state index in [1.54, 1.807) is 0 Å². The predicted octanol–water partition coefficient (Wildman–Crippen LogP) is 3.22. The number of allylic oxidation sites excluding steroid dienone is 1. The van der Waals surface area contributed by atoms with Gasteiger partial charge in [0.2, 0.25) is 0 Å². The van der Waals surface area contributed by atoms with Crippen LogP contribution in [0.3, 0.4) is 0 Å². The quantitative estimate of drug-likeness (QED) is 0.662. The zero-order valence-electron chi connectivity index (χ0n) is 13.1. The second-order valence-electron chi connectivity index (χ2n) is 6.10. The molecule has 0 aromatic carbocycles. The number of carboxylic acid groups (broad SMARTS) is 1. The van der Waals surface area contributed by atoms with Gasteiger partial charge in [-0.3, -0.25) is 9.59 Å². The number of carbonyl (C=O) groups is 2. The fraction of sp³-hybridized carbons (Fsp3) is 0.765. The molecule has 1 saturated heterocycles. The van der Waals surface area contributed by atoms with E-state index in [4.69, 9.17) is 14.6 Å². The Hall–Kier alpha value is -1.20. The van der Waals surface area contributed by atoms with Crippen LogP contribution in [-0.2, 0) is 19.1 Å². The third-order valence-corrected chi connectivity index (χ3v) is 4.18. The minimum atomic E-state index is -0.737. The number of unbranched alkanes of at least 4 members (excludes halogenated alkanes) is 3. The summed E-state index contributed by atoms with van der Waals surface area (Å²) < 4.78 is 11.4. The number of ketones is 1. The van der Waals surface area contributed by atoms with Crippen LogP contribution >= 0.6 is 0 Å². The van der Waals surface area contributed by atoms with Crippen molar-refractivity contribution < 1.29 is 24.2 Å². The molecule has 1 heterocycles. The first kappa shape index (κ1) is 17.2. The van der Waals surface area contributed by atoms with Gasteiger partial charge in [0.05, 0.1) is 6.10 Å². The SMILES string of the molecule is O=C(O)CCCCCCC1=CC(OC2CCCCO2)CC1=O. The zero-order chi connectivity index (χ0) is 15.8. The molecule has 0 saturated carbocycles. The second kappa shape index (κ2) is 9.06. The molecule has 2 unspecified atom stereocenters. The minimum absolute atomic E-state index is 0.127. The molecule has 0 aromatic heterocycles. The Balaban J connectivity index is 1.63. The van der Waals surface area contributed by atoms with E-state index in [0.29, 0.717) is 12.8 Å². The van der Waals surface area contributed by atoms with Gasteiger partial charge in [-0.25, -0.2) is 0 Å². The first-order chi connectivity index (χ1) is 10.6. The third kappa shape index (κ3) is 5.89. The number of aliphatic carboxylic acids is 1. The molecule has 0 amide bonds. The first-order valence-electron chi connectivity index (χ1n) is 8.38. The standard InChI is InChI=1S/C17H26O5/c18-15-12-14(22-17-9-5-6-10-21-17)11-13(15)7-3-1-2-4-8-16(19)20/h11,14,17H,1-10,12H2,(H,19,20). The van der Waals surface area contributed by atoms with E-state index >= 15 is 0 Å². The summed E-state index contributed by atoms with van der Waals surface area (Å²) in [5, 5.41) is 8.56. The van der Waals surface area contributed by atoms with Gasteiger partial charge in [0.15, 0.2) is 12.1 Å². The van der Waals surface area contributed by atoms with E-state index in [2.05, 4.69) is 0 Å². The summed E-state index contributed by atoms with van der Waals surface area (Å²) in [5.41, 5.74) is 0.874. The number of hydrogen-bond donors (Lipinski definition) is 1. The highest BCUT2D eigenvalue weighted by Crippen LogP contribution is 2.25. The van der Waals surface area contributed by atoms with E-state index in [-0.39, 0.29) is 24.6 Å². The molecule has 0 radical (unpaired) electrons. The van der Waals surface area contributed by atoms with E-state index < -0.39 is 5.97 Å². The minimum Gasteiger partial charge on any atom is -0.481 e. The van der Waals surface area contributed by atoms with Gasteiger partial charge in [-0.05, 0) is 50.2 Å². The van der Waals surface area contributed by atoms with Crippen molar-refractivity contribution in [2.45, 2.75) is 76.6 Å². The van der Waals surface area contributed by atoms with E-state index in [1.807, 2.05) is 6.08 Å². The summed E-state index contributed by atoms with van der Waals surface area (Å²) in [6.07, 6.45) is 9.77. The van der Waals surface area contributed by atoms with Crippen molar-refractivity contribution in [2.75, 3.05) is 6.61 Å². The van der Waals surface area contributed by atoms with Crippen molar-refractivity contribution >= 4 is 11.8 Å². The molecular weight excluding hydrogens is 284 g/mol. The number of carbonyl (C=O) groups excluding carboxylic acids is 1. The molecule has 1 N–H and O–H groups in total. The molecule has 0 spiro atoms. The summed E-state index contributed by atoms with van der Waals surface area (Å²) in [5.74, 6) is -0.551. The highest BCUT2D eigenvalue weighted by Gasteiger charge is 2.27. The maximum absolute atomic E-state index is 12.0. The van der Waals surface area contributed by atoms with Gasteiger partial charge in [0.25, 0.3) is 0 Å². The fourth-order valence-corrected chi connectivity index (χ4v) is 2.96. The molecule has 124 valence electrons. The van der Waals surface area contributed by atoms with Crippen molar-refractivity contribution in [2.24, 2.45) is 0 Å². The van der Waals surface area contributed by atoms with Crippen molar-refractivity contribution in [3.63, 3.8) is 0 Å². The highest BCUT2D eigenvalue weighted by atomic mass is 16.7. The lowest BCUT2D eigenvalue weighted by molar-refractivity contribution is -0.178. The van der Waals surface area contributed by atoms with Crippen molar-refractivity contribution in [3.8, 4) is 0 Å². The van der Waals surface area contributed by atoms with Crippen LogP contribution in [0, 0.1) is 0 Å². The molecule has 2 rings (SSSR count).